The number of carbonyl (C=O) groups excluding carboxylic acids is 1. The summed E-state index contributed by atoms with van der Waals surface area (Å²) in [5.74, 6) is 0.171. The van der Waals surface area contributed by atoms with E-state index in [1.807, 2.05) is 0 Å². The maximum absolute atomic E-state index is 12.0. The van der Waals surface area contributed by atoms with Crippen LogP contribution < -0.4 is 10.1 Å². The number of rotatable bonds is 4. The number of carbonyl (C=O) groups is 1. The Labute approximate surface area is 122 Å². The fourth-order valence-electron chi connectivity index (χ4n) is 1.67. The second-order valence-electron chi connectivity index (χ2n) is 4.57. The molecule has 0 aliphatic rings. The second kappa shape index (κ2) is 6.13. The average molecular weight is 288 g/mol. The van der Waals surface area contributed by atoms with Gasteiger partial charge < -0.3 is 20.3 Å². The Morgan fingerprint density at radius 2 is 2.05 bits per heavy atom. The molecule has 6 nitrogen and oxygen atoms in total. The van der Waals surface area contributed by atoms with Crippen LogP contribution in [0.2, 0.25) is 0 Å². The van der Waals surface area contributed by atoms with Gasteiger partial charge in [0, 0.05) is 6.20 Å². The van der Waals surface area contributed by atoms with Crippen LogP contribution in [0.25, 0.3) is 0 Å². The molecule has 0 radical (unpaired) electrons. The molecule has 0 saturated heterocycles. The zero-order chi connectivity index (χ0) is 15.4. The van der Waals surface area contributed by atoms with Gasteiger partial charge in [0.15, 0.2) is 17.7 Å². The number of nitrogens with zero attached hydrogens (tertiary/aromatic N) is 1. The molecule has 1 heterocycles. The van der Waals surface area contributed by atoms with Crippen LogP contribution in [-0.2, 0) is 4.79 Å². The number of benzene rings is 1. The molecule has 6 heteroatoms. The SMILES string of the molecule is Cc1cc(OC(C)C(=O)Nc2ncccc2O)ccc1O. The number of phenols is 1. The number of nitrogens with one attached hydrogen (secondary N) is 1. The van der Waals surface area contributed by atoms with E-state index in [4.69, 9.17) is 4.74 Å². The normalized spacial score (nSPS) is 11.7. The first-order valence-electron chi connectivity index (χ1n) is 6.38. The van der Waals surface area contributed by atoms with E-state index in [2.05, 4.69) is 10.3 Å². The van der Waals surface area contributed by atoms with E-state index in [0.717, 1.165) is 0 Å². The van der Waals surface area contributed by atoms with Gasteiger partial charge in [0.25, 0.3) is 5.91 Å². The summed E-state index contributed by atoms with van der Waals surface area (Å²) in [7, 11) is 0. The summed E-state index contributed by atoms with van der Waals surface area (Å²) in [4.78, 5) is 15.8. The average Bonchev–Trinajstić information content (AvgIpc) is 2.45. The smallest absolute Gasteiger partial charge is 0.266 e. The second-order valence-corrected chi connectivity index (χ2v) is 4.57. The standard InChI is InChI=1S/C15H16N2O4/c1-9-8-11(5-6-12(9)18)21-10(2)15(20)17-14-13(19)4-3-7-16-14/h3-8,10,18-19H,1-2H3,(H,16,17,20). The summed E-state index contributed by atoms with van der Waals surface area (Å²) in [5, 5.41) is 21.5. The van der Waals surface area contributed by atoms with Gasteiger partial charge in [-0.2, -0.15) is 0 Å². The molecule has 1 aromatic carbocycles. The minimum atomic E-state index is -0.782. The van der Waals surface area contributed by atoms with Gasteiger partial charge in [-0.05, 0) is 49.7 Å². The molecule has 0 aliphatic heterocycles. The van der Waals surface area contributed by atoms with Crippen LogP contribution in [0.1, 0.15) is 12.5 Å². The molecule has 0 bridgehead atoms. The minimum absolute atomic E-state index is 0.0832. The molecule has 0 spiro atoms. The van der Waals surface area contributed by atoms with Crippen molar-refractivity contribution in [3.05, 3.63) is 42.1 Å². The Kier molecular flexibility index (Phi) is 4.27. The highest BCUT2D eigenvalue weighted by molar-refractivity contribution is 5.94. The molecule has 21 heavy (non-hydrogen) atoms. The Hall–Kier alpha value is -2.76. The summed E-state index contributed by atoms with van der Waals surface area (Å²) in [5.41, 5.74) is 0.655. The number of aromatic nitrogens is 1. The molecule has 0 saturated carbocycles. The minimum Gasteiger partial charge on any atom is -0.508 e. The van der Waals surface area contributed by atoms with Crippen molar-refractivity contribution in [1.82, 2.24) is 4.98 Å². The molecule has 1 unspecified atom stereocenters. The molecular formula is C15H16N2O4. The van der Waals surface area contributed by atoms with Gasteiger partial charge in [-0.25, -0.2) is 4.98 Å². The molecular weight excluding hydrogens is 272 g/mol. The summed E-state index contributed by atoms with van der Waals surface area (Å²) in [6.45, 7) is 3.32. The highest BCUT2D eigenvalue weighted by Crippen LogP contribution is 2.23. The number of hydrogen-bond acceptors (Lipinski definition) is 5. The molecule has 2 rings (SSSR count). The summed E-state index contributed by atoms with van der Waals surface area (Å²) in [6, 6.07) is 7.70. The van der Waals surface area contributed by atoms with Crippen molar-refractivity contribution in [1.29, 1.82) is 0 Å². The van der Waals surface area contributed by atoms with Crippen molar-refractivity contribution < 1.29 is 19.7 Å². The number of hydrogen-bond donors (Lipinski definition) is 3. The first-order valence-corrected chi connectivity index (χ1v) is 6.38. The number of amides is 1. The van der Waals surface area contributed by atoms with Crippen LogP contribution in [0, 0.1) is 6.92 Å². The van der Waals surface area contributed by atoms with Crippen LogP contribution in [0.15, 0.2) is 36.5 Å². The first-order chi connectivity index (χ1) is 9.97. The quantitative estimate of drug-likeness (QED) is 0.802. The number of anilines is 1. The van der Waals surface area contributed by atoms with Crippen molar-refractivity contribution in [3.8, 4) is 17.2 Å². The lowest BCUT2D eigenvalue weighted by atomic mass is 10.2. The van der Waals surface area contributed by atoms with E-state index < -0.39 is 12.0 Å². The van der Waals surface area contributed by atoms with Crippen LogP contribution in [0.4, 0.5) is 5.82 Å². The lowest BCUT2D eigenvalue weighted by molar-refractivity contribution is -0.122. The van der Waals surface area contributed by atoms with Crippen LogP contribution in [0.5, 0.6) is 17.2 Å². The van der Waals surface area contributed by atoms with Gasteiger partial charge in [-0.15, -0.1) is 0 Å². The maximum atomic E-state index is 12.0. The molecule has 1 atom stereocenters. The molecule has 1 aromatic heterocycles. The summed E-state index contributed by atoms with van der Waals surface area (Å²) < 4.78 is 5.49. The van der Waals surface area contributed by atoms with Crippen molar-refractivity contribution in [2.24, 2.45) is 0 Å². The Morgan fingerprint density at radius 3 is 2.71 bits per heavy atom. The van der Waals surface area contributed by atoms with E-state index >= 15 is 0 Å². The van der Waals surface area contributed by atoms with Crippen molar-refractivity contribution in [2.45, 2.75) is 20.0 Å². The Morgan fingerprint density at radius 1 is 1.29 bits per heavy atom. The summed E-state index contributed by atoms with van der Waals surface area (Å²) >= 11 is 0. The monoisotopic (exact) mass is 288 g/mol. The van der Waals surface area contributed by atoms with Crippen molar-refractivity contribution in [3.63, 3.8) is 0 Å². The molecule has 0 fully saturated rings. The number of ether oxygens (including phenoxy) is 1. The highest BCUT2D eigenvalue weighted by Gasteiger charge is 2.17. The number of phenolic OH excluding ortho intramolecular Hbond substituents is 1. The molecule has 3 N–H and O–H groups in total. The Bertz CT molecular complexity index is 658. The van der Waals surface area contributed by atoms with E-state index in [9.17, 15) is 15.0 Å². The Balaban J connectivity index is 2.02. The van der Waals surface area contributed by atoms with Gasteiger partial charge in [-0.1, -0.05) is 0 Å². The predicted octanol–water partition coefficient (Wildman–Crippen LogP) is 2.21. The molecule has 110 valence electrons. The van der Waals surface area contributed by atoms with Gasteiger partial charge in [0.1, 0.15) is 11.5 Å². The molecule has 1 amide bonds. The highest BCUT2D eigenvalue weighted by atomic mass is 16.5. The number of aryl methyl sites for hydroxylation is 1. The molecule has 0 aliphatic carbocycles. The fraction of sp³-hybridized carbons (Fsp3) is 0.200. The van der Waals surface area contributed by atoms with Crippen molar-refractivity contribution in [2.75, 3.05) is 5.32 Å². The fourth-order valence-corrected chi connectivity index (χ4v) is 1.67. The van der Waals surface area contributed by atoms with Gasteiger partial charge in [-0.3, -0.25) is 4.79 Å². The van der Waals surface area contributed by atoms with E-state index in [0.29, 0.717) is 11.3 Å². The zero-order valence-electron chi connectivity index (χ0n) is 11.7. The zero-order valence-corrected chi connectivity index (χ0v) is 11.7. The van der Waals surface area contributed by atoms with Crippen LogP contribution in [0.3, 0.4) is 0 Å². The third kappa shape index (κ3) is 3.62. The first kappa shape index (κ1) is 14.6. The van der Waals surface area contributed by atoms with E-state index in [1.54, 1.807) is 32.0 Å². The van der Waals surface area contributed by atoms with Gasteiger partial charge in [0.2, 0.25) is 0 Å². The van der Waals surface area contributed by atoms with Crippen LogP contribution >= 0.6 is 0 Å². The van der Waals surface area contributed by atoms with Gasteiger partial charge >= 0.3 is 0 Å². The lowest BCUT2D eigenvalue weighted by Gasteiger charge is -2.15. The third-order valence-electron chi connectivity index (χ3n) is 2.88. The van der Waals surface area contributed by atoms with E-state index in [1.165, 1.54) is 18.3 Å². The number of aromatic hydroxyl groups is 2. The van der Waals surface area contributed by atoms with Gasteiger partial charge in [0.05, 0.1) is 0 Å². The number of pyridine rings is 1. The topological polar surface area (TPSA) is 91.7 Å². The lowest BCUT2D eigenvalue weighted by Crippen LogP contribution is -2.30. The van der Waals surface area contributed by atoms with Crippen molar-refractivity contribution >= 4 is 11.7 Å². The maximum Gasteiger partial charge on any atom is 0.266 e. The largest absolute Gasteiger partial charge is 0.508 e. The van der Waals surface area contributed by atoms with Crippen LogP contribution in [-0.4, -0.2) is 27.2 Å². The molecule has 2 aromatic rings. The van der Waals surface area contributed by atoms with E-state index in [-0.39, 0.29) is 17.3 Å². The predicted molar refractivity (Wildman–Crippen MR) is 77.5 cm³/mol. The summed E-state index contributed by atoms with van der Waals surface area (Å²) in [6.07, 6.45) is 0.680. The third-order valence-corrected chi connectivity index (χ3v) is 2.88.